The van der Waals surface area contributed by atoms with Gasteiger partial charge in [0.25, 0.3) is 0 Å². The fourth-order valence-corrected chi connectivity index (χ4v) is 3.79. The first-order valence-corrected chi connectivity index (χ1v) is 8.85. The molecule has 0 spiro atoms. The van der Waals surface area contributed by atoms with Crippen molar-refractivity contribution >= 4 is 12.1 Å². The smallest absolute Gasteiger partial charge is 0.410 e. The zero-order chi connectivity index (χ0) is 19.1. The number of carboxylic acid groups (broad SMARTS) is 1. The highest BCUT2D eigenvalue weighted by Gasteiger charge is 2.45. The molecule has 0 aromatic heterocycles. The molecule has 0 aliphatic carbocycles. The second kappa shape index (κ2) is 6.78. The van der Waals surface area contributed by atoms with E-state index in [2.05, 4.69) is 0 Å². The lowest BCUT2D eigenvalue weighted by atomic mass is 10.00. The van der Waals surface area contributed by atoms with Crippen molar-refractivity contribution in [2.45, 2.75) is 70.2 Å². The van der Waals surface area contributed by atoms with Crippen LogP contribution in [0.15, 0.2) is 18.2 Å². The molecule has 2 bridgehead atoms. The zero-order valence-corrected chi connectivity index (χ0v) is 15.2. The average Bonchev–Trinajstić information content (AvgIpc) is 2.77. The molecule has 26 heavy (non-hydrogen) atoms. The van der Waals surface area contributed by atoms with Crippen LogP contribution in [0.1, 0.15) is 56.8 Å². The molecular formula is C19H24FNO5. The minimum atomic E-state index is -1.16. The zero-order valence-electron chi connectivity index (χ0n) is 15.2. The lowest BCUT2D eigenvalue weighted by molar-refractivity contribution is -0.00716. The van der Waals surface area contributed by atoms with Crippen LogP contribution in [-0.2, 0) is 4.74 Å². The monoisotopic (exact) mass is 365 g/mol. The number of fused-ring (bicyclic) bond motifs is 2. The van der Waals surface area contributed by atoms with E-state index in [0.29, 0.717) is 12.8 Å². The van der Waals surface area contributed by atoms with E-state index in [1.54, 1.807) is 4.90 Å². The maximum absolute atomic E-state index is 13.5. The Kier molecular flexibility index (Phi) is 4.82. The number of amides is 1. The SMILES string of the molecule is CC(C)(C)OC(=O)N1[C@@H]2CC[C@H]1CC(Oc1cc(F)ccc1C(=O)O)C2. The summed E-state index contributed by atoms with van der Waals surface area (Å²) in [5.74, 6) is -1.67. The van der Waals surface area contributed by atoms with Crippen LogP contribution in [0.4, 0.5) is 9.18 Å². The number of benzene rings is 1. The minimum Gasteiger partial charge on any atom is -0.489 e. The van der Waals surface area contributed by atoms with Crippen molar-refractivity contribution in [2.24, 2.45) is 0 Å². The van der Waals surface area contributed by atoms with Gasteiger partial charge in [0.05, 0.1) is 0 Å². The van der Waals surface area contributed by atoms with Crippen LogP contribution >= 0.6 is 0 Å². The van der Waals surface area contributed by atoms with Gasteiger partial charge >= 0.3 is 12.1 Å². The molecule has 6 nitrogen and oxygen atoms in total. The van der Waals surface area contributed by atoms with Gasteiger partial charge in [0, 0.05) is 31.0 Å². The largest absolute Gasteiger partial charge is 0.489 e. The molecule has 3 atom stereocenters. The number of carbonyl (C=O) groups is 2. The Morgan fingerprint density at radius 1 is 1.19 bits per heavy atom. The van der Waals surface area contributed by atoms with Crippen LogP contribution in [0.3, 0.4) is 0 Å². The molecule has 3 rings (SSSR count). The van der Waals surface area contributed by atoms with Crippen molar-refractivity contribution < 1.29 is 28.6 Å². The number of ether oxygens (including phenoxy) is 2. The van der Waals surface area contributed by atoms with E-state index in [-0.39, 0.29) is 35.6 Å². The summed E-state index contributed by atoms with van der Waals surface area (Å²) in [6.45, 7) is 5.50. The molecule has 1 aromatic rings. The Morgan fingerprint density at radius 2 is 1.81 bits per heavy atom. The lowest BCUT2D eigenvalue weighted by Gasteiger charge is -2.39. The van der Waals surface area contributed by atoms with Gasteiger partial charge < -0.3 is 19.5 Å². The van der Waals surface area contributed by atoms with E-state index < -0.39 is 17.4 Å². The maximum Gasteiger partial charge on any atom is 0.410 e. The van der Waals surface area contributed by atoms with E-state index in [1.807, 2.05) is 20.8 Å². The summed E-state index contributed by atoms with van der Waals surface area (Å²) in [5, 5.41) is 9.25. The first kappa shape index (κ1) is 18.5. The van der Waals surface area contributed by atoms with Crippen LogP contribution in [0.2, 0.25) is 0 Å². The Balaban J connectivity index is 1.71. The normalized spacial score (nSPS) is 25.1. The van der Waals surface area contributed by atoms with Crippen molar-refractivity contribution in [3.05, 3.63) is 29.6 Å². The highest BCUT2D eigenvalue weighted by Crippen LogP contribution is 2.38. The fraction of sp³-hybridized carbons (Fsp3) is 0.579. The molecule has 0 radical (unpaired) electrons. The summed E-state index contributed by atoms with van der Waals surface area (Å²) in [4.78, 5) is 25.6. The predicted octanol–water partition coefficient (Wildman–Crippen LogP) is 3.83. The van der Waals surface area contributed by atoms with Gasteiger partial charge in [-0.05, 0) is 45.7 Å². The Hall–Kier alpha value is -2.31. The topological polar surface area (TPSA) is 76.1 Å². The number of rotatable bonds is 3. The van der Waals surface area contributed by atoms with Crippen molar-refractivity contribution in [3.8, 4) is 5.75 Å². The average molecular weight is 365 g/mol. The first-order chi connectivity index (χ1) is 12.1. The molecular weight excluding hydrogens is 341 g/mol. The summed E-state index contributed by atoms with van der Waals surface area (Å²) >= 11 is 0. The third kappa shape index (κ3) is 3.92. The van der Waals surface area contributed by atoms with Crippen LogP contribution in [-0.4, -0.2) is 45.9 Å². The number of carboxylic acids is 1. The Morgan fingerprint density at radius 3 is 2.35 bits per heavy atom. The highest BCUT2D eigenvalue weighted by atomic mass is 19.1. The van der Waals surface area contributed by atoms with Crippen LogP contribution in [0, 0.1) is 5.82 Å². The molecule has 0 saturated carbocycles. The van der Waals surface area contributed by atoms with Crippen molar-refractivity contribution in [1.29, 1.82) is 0 Å². The van der Waals surface area contributed by atoms with Gasteiger partial charge in [-0.25, -0.2) is 14.0 Å². The fourth-order valence-electron chi connectivity index (χ4n) is 3.79. The summed E-state index contributed by atoms with van der Waals surface area (Å²) in [5.41, 5.74) is -0.615. The van der Waals surface area contributed by atoms with Crippen LogP contribution < -0.4 is 4.74 Å². The van der Waals surface area contributed by atoms with Gasteiger partial charge in [-0.3, -0.25) is 0 Å². The third-order valence-corrected chi connectivity index (χ3v) is 4.76. The molecule has 2 saturated heterocycles. The van der Waals surface area contributed by atoms with Gasteiger partial charge in [-0.2, -0.15) is 0 Å². The van der Waals surface area contributed by atoms with Crippen molar-refractivity contribution in [1.82, 2.24) is 4.90 Å². The second-order valence-corrected chi connectivity index (χ2v) is 7.93. The van der Waals surface area contributed by atoms with Gasteiger partial charge in [-0.1, -0.05) is 0 Å². The number of halogens is 1. The molecule has 1 N–H and O–H groups in total. The second-order valence-electron chi connectivity index (χ2n) is 7.93. The molecule has 2 aliphatic heterocycles. The minimum absolute atomic E-state index is 0.00422. The van der Waals surface area contributed by atoms with E-state index in [1.165, 1.54) is 6.07 Å². The number of carbonyl (C=O) groups excluding carboxylic acids is 1. The lowest BCUT2D eigenvalue weighted by Crippen LogP contribution is -2.50. The van der Waals surface area contributed by atoms with Crippen LogP contribution in [0.25, 0.3) is 0 Å². The highest BCUT2D eigenvalue weighted by molar-refractivity contribution is 5.90. The standard InChI is InChI=1S/C19H24FNO5/c1-19(2,3)26-18(24)21-12-5-6-13(21)10-14(9-12)25-16-8-11(20)4-7-15(16)17(22)23/h4,7-8,12-14H,5-6,9-10H2,1-3H3,(H,22,23)/t12-,13+,14?. The molecule has 2 heterocycles. The molecule has 2 aliphatic rings. The molecule has 1 unspecified atom stereocenters. The molecule has 2 fully saturated rings. The number of aromatic carboxylic acids is 1. The summed E-state index contributed by atoms with van der Waals surface area (Å²) < 4.78 is 24.8. The van der Waals surface area contributed by atoms with E-state index in [9.17, 15) is 19.1 Å². The quantitative estimate of drug-likeness (QED) is 0.881. The Labute approximate surface area is 151 Å². The van der Waals surface area contributed by atoms with E-state index >= 15 is 0 Å². The molecule has 1 aromatic carbocycles. The molecule has 1 amide bonds. The summed E-state index contributed by atoms with van der Waals surface area (Å²) in [7, 11) is 0. The summed E-state index contributed by atoms with van der Waals surface area (Å²) in [6.07, 6.45) is 2.29. The predicted molar refractivity (Wildman–Crippen MR) is 91.9 cm³/mol. The van der Waals surface area contributed by atoms with Crippen molar-refractivity contribution in [2.75, 3.05) is 0 Å². The van der Waals surface area contributed by atoms with E-state index in [4.69, 9.17) is 9.47 Å². The van der Waals surface area contributed by atoms with E-state index in [0.717, 1.165) is 25.0 Å². The number of nitrogens with zero attached hydrogens (tertiary/aromatic N) is 1. The molecule has 7 heteroatoms. The third-order valence-electron chi connectivity index (χ3n) is 4.76. The first-order valence-electron chi connectivity index (χ1n) is 8.85. The summed E-state index contributed by atoms with van der Waals surface area (Å²) in [6, 6.07) is 3.40. The van der Waals surface area contributed by atoms with Gasteiger partial charge in [0.2, 0.25) is 0 Å². The van der Waals surface area contributed by atoms with Crippen molar-refractivity contribution in [3.63, 3.8) is 0 Å². The number of piperidine rings is 1. The number of hydrogen-bond donors (Lipinski definition) is 1. The maximum atomic E-state index is 13.5. The van der Waals surface area contributed by atoms with Crippen LogP contribution in [0.5, 0.6) is 5.75 Å². The van der Waals surface area contributed by atoms with Gasteiger partial charge in [-0.15, -0.1) is 0 Å². The number of hydrogen-bond acceptors (Lipinski definition) is 4. The van der Waals surface area contributed by atoms with Gasteiger partial charge in [0.1, 0.15) is 28.8 Å². The Bertz CT molecular complexity index is 700. The van der Waals surface area contributed by atoms with Gasteiger partial charge in [0.15, 0.2) is 0 Å². The molecule has 142 valence electrons.